The van der Waals surface area contributed by atoms with Crippen molar-refractivity contribution < 1.29 is 14.3 Å². The third-order valence-electron chi connectivity index (χ3n) is 3.37. The number of benzene rings is 1. The maximum Gasteiger partial charge on any atom is 0.223 e. The normalized spacial score (nSPS) is 10.3. The molecule has 0 fully saturated rings. The van der Waals surface area contributed by atoms with E-state index in [9.17, 15) is 9.59 Å². The number of carbonyl (C=O) groups excluding carboxylic acids is 2. The lowest BCUT2D eigenvalue weighted by atomic mass is 10.1. The van der Waals surface area contributed by atoms with Crippen LogP contribution in [0, 0.1) is 13.8 Å². The molecule has 21 heavy (non-hydrogen) atoms. The van der Waals surface area contributed by atoms with Crippen LogP contribution in [0.5, 0.6) is 0 Å². The Balaban J connectivity index is 2.64. The number of anilines is 1. The van der Waals surface area contributed by atoms with Crippen LogP contribution < -0.4 is 10.2 Å². The third kappa shape index (κ3) is 5.55. The lowest BCUT2D eigenvalue weighted by Crippen LogP contribution is -2.34. The van der Waals surface area contributed by atoms with Crippen LogP contribution in [0.25, 0.3) is 0 Å². The molecule has 0 radical (unpaired) electrons. The lowest BCUT2D eigenvalue weighted by molar-refractivity contribution is -0.121. The topological polar surface area (TPSA) is 58.6 Å². The molecule has 0 saturated heterocycles. The van der Waals surface area contributed by atoms with Crippen LogP contribution in [0.1, 0.15) is 24.5 Å². The summed E-state index contributed by atoms with van der Waals surface area (Å²) in [5.74, 6) is -0.148. The molecule has 1 aromatic carbocycles. The zero-order valence-corrected chi connectivity index (χ0v) is 13.2. The van der Waals surface area contributed by atoms with Crippen LogP contribution in [0.4, 0.5) is 5.69 Å². The molecule has 0 aliphatic heterocycles. The second-order valence-corrected chi connectivity index (χ2v) is 5.03. The van der Waals surface area contributed by atoms with E-state index in [1.807, 2.05) is 32.0 Å². The average Bonchev–Trinajstić information content (AvgIpc) is 2.43. The van der Waals surface area contributed by atoms with Gasteiger partial charge in [0, 0.05) is 39.2 Å². The van der Waals surface area contributed by atoms with Gasteiger partial charge in [0.05, 0.1) is 6.61 Å². The zero-order chi connectivity index (χ0) is 15.8. The first-order valence-electron chi connectivity index (χ1n) is 7.06. The van der Waals surface area contributed by atoms with E-state index in [0.717, 1.165) is 11.3 Å². The summed E-state index contributed by atoms with van der Waals surface area (Å²) in [6, 6.07) is 5.87. The quantitative estimate of drug-likeness (QED) is 0.780. The molecule has 2 amide bonds. The highest BCUT2D eigenvalue weighted by Gasteiger charge is 2.13. The number of carbonyl (C=O) groups is 2. The predicted octanol–water partition coefficient (Wildman–Crippen LogP) is 1.81. The van der Waals surface area contributed by atoms with Crippen molar-refractivity contribution in [2.75, 3.05) is 31.7 Å². The highest BCUT2D eigenvalue weighted by molar-refractivity contribution is 5.92. The second kappa shape index (κ2) is 8.42. The second-order valence-electron chi connectivity index (χ2n) is 5.03. The first kappa shape index (κ1) is 17.2. The molecule has 1 rings (SSSR count). The van der Waals surface area contributed by atoms with Crippen LogP contribution in [0.15, 0.2) is 18.2 Å². The van der Waals surface area contributed by atoms with Crippen LogP contribution in [0.3, 0.4) is 0 Å². The molecule has 0 aliphatic rings. The highest BCUT2D eigenvalue weighted by Crippen LogP contribution is 2.19. The van der Waals surface area contributed by atoms with Crippen LogP contribution in [-0.4, -0.2) is 38.6 Å². The van der Waals surface area contributed by atoms with Crippen molar-refractivity contribution in [1.82, 2.24) is 5.32 Å². The van der Waals surface area contributed by atoms with Gasteiger partial charge in [-0.1, -0.05) is 6.07 Å². The molecule has 0 heterocycles. The van der Waals surface area contributed by atoms with E-state index >= 15 is 0 Å². The number of amides is 2. The van der Waals surface area contributed by atoms with Crippen LogP contribution >= 0.6 is 0 Å². The molecule has 5 heteroatoms. The fourth-order valence-corrected chi connectivity index (χ4v) is 1.96. The number of hydrogen-bond acceptors (Lipinski definition) is 3. The summed E-state index contributed by atoms with van der Waals surface area (Å²) >= 11 is 0. The number of aryl methyl sites for hydroxylation is 2. The van der Waals surface area contributed by atoms with Gasteiger partial charge in [0.1, 0.15) is 0 Å². The Labute approximate surface area is 126 Å². The molecule has 1 N–H and O–H groups in total. The van der Waals surface area contributed by atoms with Crippen LogP contribution in [-0.2, 0) is 14.3 Å². The summed E-state index contributed by atoms with van der Waals surface area (Å²) in [6.45, 7) is 6.89. The molecule has 0 spiro atoms. The monoisotopic (exact) mass is 292 g/mol. The van der Waals surface area contributed by atoms with Crippen molar-refractivity contribution in [1.29, 1.82) is 0 Å². The largest absolute Gasteiger partial charge is 0.383 e. The number of ether oxygens (including phenoxy) is 1. The Morgan fingerprint density at radius 1 is 1.24 bits per heavy atom. The Hall–Kier alpha value is -1.88. The van der Waals surface area contributed by atoms with E-state index in [4.69, 9.17) is 4.74 Å². The van der Waals surface area contributed by atoms with Crippen molar-refractivity contribution in [3.8, 4) is 0 Å². The van der Waals surface area contributed by atoms with Gasteiger partial charge in [-0.2, -0.15) is 0 Å². The van der Waals surface area contributed by atoms with E-state index in [1.54, 1.807) is 12.0 Å². The molecular weight excluding hydrogens is 268 g/mol. The van der Waals surface area contributed by atoms with Gasteiger partial charge in [-0.25, -0.2) is 0 Å². The van der Waals surface area contributed by atoms with Crippen molar-refractivity contribution in [2.24, 2.45) is 0 Å². The molecule has 0 bridgehead atoms. The molecule has 1 aromatic rings. The van der Waals surface area contributed by atoms with E-state index in [1.165, 1.54) is 12.5 Å². The summed E-state index contributed by atoms with van der Waals surface area (Å²) in [7, 11) is 1.59. The smallest absolute Gasteiger partial charge is 0.223 e. The minimum absolute atomic E-state index is 0.0667. The number of rotatable bonds is 7. The van der Waals surface area contributed by atoms with Gasteiger partial charge in [0.25, 0.3) is 0 Å². The minimum Gasteiger partial charge on any atom is -0.383 e. The number of nitrogens with zero attached hydrogens (tertiary/aromatic N) is 1. The van der Waals surface area contributed by atoms with E-state index in [2.05, 4.69) is 5.32 Å². The highest BCUT2D eigenvalue weighted by atomic mass is 16.5. The number of methoxy groups -OCH3 is 1. The fourth-order valence-electron chi connectivity index (χ4n) is 1.96. The fraction of sp³-hybridized carbons (Fsp3) is 0.500. The molecule has 0 saturated carbocycles. The van der Waals surface area contributed by atoms with Gasteiger partial charge in [0.15, 0.2) is 0 Å². The van der Waals surface area contributed by atoms with E-state index in [-0.39, 0.29) is 18.2 Å². The molecule has 0 aliphatic carbocycles. The van der Waals surface area contributed by atoms with Gasteiger partial charge >= 0.3 is 0 Å². The van der Waals surface area contributed by atoms with E-state index < -0.39 is 0 Å². The summed E-state index contributed by atoms with van der Waals surface area (Å²) in [5, 5.41) is 2.75. The molecule has 116 valence electrons. The maximum absolute atomic E-state index is 11.8. The summed E-state index contributed by atoms with van der Waals surface area (Å²) in [6.07, 6.45) is 0.274. The molecular formula is C16H24N2O3. The van der Waals surface area contributed by atoms with Gasteiger partial charge in [0.2, 0.25) is 11.8 Å². The first-order valence-corrected chi connectivity index (χ1v) is 7.06. The van der Waals surface area contributed by atoms with Crippen molar-refractivity contribution in [3.05, 3.63) is 29.3 Å². The van der Waals surface area contributed by atoms with Gasteiger partial charge < -0.3 is 15.0 Å². The third-order valence-corrected chi connectivity index (χ3v) is 3.37. The van der Waals surface area contributed by atoms with Crippen molar-refractivity contribution in [2.45, 2.75) is 27.2 Å². The number of hydrogen-bond donors (Lipinski definition) is 1. The molecule has 0 atom stereocenters. The summed E-state index contributed by atoms with van der Waals surface area (Å²) < 4.78 is 4.87. The van der Waals surface area contributed by atoms with Crippen LogP contribution in [0.2, 0.25) is 0 Å². The zero-order valence-electron chi connectivity index (χ0n) is 13.2. The Morgan fingerprint density at radius 2 is 1.95 bits per heavy atom. The van der Waals surface area contributed by atoms with Crippen molar-refractivity contribution in [3.63, 3.8) is 0 Å². The average molecular weight is 292 g/mol. The lowest BCUT2D eigenvalue weighted by Gasteiger charge is -2.22. The molecule has 5 nitrogen and oxygen atoms in total. The predicted molar refractivity (Wildman–Crippen MR) is 83.4 cm³/mol. The van der Waals surface area contributed by atoms with E-state index in [0.29, 0.717) is 19.7 Å². The standard InChI is InChI=1S/C16H24N2O3/c1-12-5-6-15(11-13(12)2)18(14(3)19)9-7-16(20)17-8-10-21-4/h5-6,11H,7-10H2,1-4H3,(H,17,20). The Bertz CT molecular complexity index is 500. The van der Waals surface area contributed by atoms with Gasteiger partial charge in [-0.15, -0.1) is 0 Å². The minimum atomic E-state index is -0.0814. The Morgan fingerprint density at radius 3 is 2.52 bits per heavy atom. The van der Waals surface area contributed by atoms with Gasteiger partial charge in [-0.05, 0) is 37.1 Å². The van der Waals surface area contributed by atoms with Gasteiger partial charge in [-0.3, -0.25) is 9.59 Å². The SMILES string of the molecule is COCCNC(=O)CCN(C(C)=O)c1ccc(C)c(C)c1. The summed E-state index contributed by atoms with van der Waals surface area (Å²) in [5.41, 5.74) is 3.14. The summed E-state index contributed by atoms with van der Waals surface area (Å²) in [4.78, 5) is 25.1. The first-order chi connectivity index (χ1) is 9.95. The maximum atomic E-state index is 11.8. The van der Waals surface area contributed by atoms with Crippen molar-refractivity contribution >= 4 is 17.5 Å². The molecule has 0 aromatic heterocycles. The number of nitrogens with one attached hydrogen (secondary N) is 1. The molecule has 0 unspecified atom stereocenters. The Kier molecular flexibility index (Phi) is 6.88.